The number of carbonyl (C=O) groups is 1. The van der Waals surface area contributed by atoms with E-state index in [1.807, 2.05) is 0 Å². The topological polar surface area (TPSA) is 81.5 Å². The molecule has 0 radical (unpaired) electrons. The minimum absolute atomic E-state index is 0.346. The predicted molar refractivity (Wildman–Crippen MR) is 67.3 cm³/mol. The van der Waals surface area contributed by atoms with Gasteiger partial charge in [-0.15, -0.1) is 0 Å². The van der Waals surface area contributed by atoms with Crippen LogP contribution < -0.4 is 5.32 Å². The number of anilines is 1. The molecule has 0 aliphatic heterocycles. The first-order valence-corrected chi connectivity index (χ1v) is 5.67. The molecular formula is C12H14F2N2O4. The Bertz CT molecular complexity index is 541. The fraction of sp³-hybridized carbons (Fsp3) is 0.417. The van der Waals surface area contributed by atoms with Gasteiger partial charge in [0.15, 0.2) is 0 Å². The molecule has 0 fully saturated rings. The number of ether oxygens (including phenoxy) is 1. The minimum atomic E-state index is -1.31. The third-order valence-corrected chi connectivity index (χ3v) is 2.14. The highest BCUT2D eigenvalue weighted by atomic mass is 19.1. The van der Waals surface area contributed by atoms with Crippen molar-refractivity contribution < 1.29 is 23.2 Å². The fourth-order valence-corrected chi connectivity index (χ4v) is 1.24. The molecule has 0 saturated heterocycles. The average molecular weight is 288 g/mol. The van der Waals surface area contributed by atoms with Gasteiger partial charge in [-0.25, -0.2) is 4.39 Å². The summed E-state index contributed by atoms with van der Waals surface area (Å²) in [4.78, 5) is 21.0. The number of nitrogens with zero attached hydrogens (tertiary/aromatic N) is 1. The zero-order valence-corrected chi connectivity index (χ0v) is 11.2. The lowest BCUT2D eigenvalue weighted by molar-refractivity contribution is -0.387. The largest absolute Gasteiger partial charge is 0.366 e. The lowest BCUT2D eigenvalue weighted by Gasteiger charge is -2.19. The standard InChI is InChI=1S/C12H14F2N2O4/c1-12(2,3)20-6-11(17)15-9-5-10(16(18)19)8(14)4-7(9)13/h4-5H,6H2,1-3H3,(H,15,17). The maximum Gasteiger partial charge on any atom is 0.307 e. The molecular weight excluding hydrogens is 274 g/mol. The molecule has 1 rings (SSSR count). The Labute approximate surface area is 113 Å². The zero-order valence-electron chi connectivity index (χ0n) is 11.2. The Balaban J connectivity index is 2.85. The number of benzene rings is 1. The van der Waals surface area contributed by atoms with E-state index in [0.717, 1.165) is 0 Å². The van der Waals surface area contributed by atoms with Gasteiger partial charge >= 0.3 is 5.69 Å². The molecule has 0 unspecified atom stereocenters. The number of carbonyl (C=O) groups excluding carboxylic acids is 1. The summed E-state index contributed by atoms with van der Waals surface area (Å²) in [7, 11) is 0. The second-order valence-corrected chi connectivity index (χ2v) is 4.99. The van der Waals surface area contributed by atoms with Crippen molar-refractivity contribution >= 4 is 17.3 Å². The number of nitro benzene ring substituents is 1. The van der Waals surface area contributed by atoms with Crippen molar-refractivity contribution in [3.05, 3.63) is 33.9 Å². The normalized spacial score (nSPS) is 11.2. The van der Waals surface area contributed by atoms with Crippen molar-refractivity contribution in [1.29, 1.82) is 0 Å². The average Bonchev–Trinajstić information content (AvgIpc) is 2.28. The van der Waals surface area contributed by atoms with E-state index < -0.39 is 39.4 Å². The Morgan fingerprint density at radius 2 is 1.95 bits per heavy atom. The van der Waals surface area contributed by atoms with Crippen molar-refractivity contribution in [3.63, 3.8) is 0 Å². The number of nitro groups is 1. The number of halogens is 2. The first-order chi connectivity index (χ1) is 9.10. The fourth-order valence-electron chi connectivity index (χ4n) is 1.24. The van der Waals surface area contributed by atoms with Crippen LogP contribution in [0.3, 0.4) is 0 Å². The number of rotatable bonds is 4. The summed E-state index contributed by atoms with van der Waals surface area (Å²) in [6, 6.07) is 0.970. The van der Waals surface area contributed by atoms with Crippen molar-refractivity contribution in [2.75, 3.05) is 11.9 Å². The lowest BCUT2D eigenvalue weighted by atomic mass is 10.2. The maximum atomic E-state index is 13.4. The van der Waals surface area contributed by atoms with E-state index in [1.54, 1.807) is 20.8 Å². The molecule has 0 saturated carbocycles. The third-order valence-electron chi connectivity index (χ3n) is 2.14. The molecule has 0 aliphatic carbocycles. The van der Waals surface area contributed by atoms with Gasteiger partial charge in [-0.05, 0) is 20.8 Å². The highest BCUT2D eigenvalue weighted by Crippen LogP contribution is 2.25. The molecule has 0 atom stereocenters. The summed E-state index contributed by atoms with van der Waals surface area (Å²) in [5.74, 6) is -3.10. The summed E-state index contributed by atoms with van der Waals surface area (Å²) in [6.45, 7) is 4.82. The van der Waals surface area contributed by atoms with Crippen LogP contribution in [-0.2, 0) is 9.53 Å². The van der Waals surface area contributed by atoms with E-state index in [-0.39, 0.29) is 6.61 Å². The van der Waals surface area contributed by atoms with E-state index in [9.17, 15) is 23.7 Å². The second-order valence-electron chi connectivity index (χ2n) is 4.99. The van der Waals surface area contributed by atoms with Gasteiger partial charge in [0.1, 0.15) is 12.4 Å². The first-order valence-electron chi connectivity index (χ1n) is 5.67. The van der Waals surface area contributed by atoms with E-state index in [4.69, 9.17) is 4.74 Å². The molecule has 1 aromatic rings. The van der Waals surface area contributed by atoms with Crippen LogP contribution in [0.15, 0.2) is 12.1 Å². The summed E-state index contributed by atoms with van der Waals surface area (Å²) in [5, 5.41) is 12.6. The molecule has 1 amide bonds. The van der Waals surface area contributed by atoms with Crippen LogP contribution >= 0.6 is 0 Å². The molecule has 6 nitrogen and oxygen atoms in total. The monoisotopic (exact) mass is 288 g/mol. The molecule has 1 N–H and O–H groups in total. The van der Waals surface area contributed by atoms with Crippen LogP contribution in [-0.4, -0.2) is 23.0 Å². The van der Waals surface area contributed by atoms with Gasteiger partial charge in [-0.2, -0.15) is 4.39 Å². The molecule has 8 heteroatoms. The first kappa shape index (κ1) is 16.0. The lowest BCUT2D eigenvalue weighted by Crippen LogP contribution is -2.27. The number of hydrogen-bond acceptors (Lipinski definition) is 4. The third kappa shape index (κ3) is 4.54. The molecule has 0 aromatic heterocycles. The summed E-state index contributed by atoms with van der Waals surface area (Å²) >= 11 is 0. The SMILES string of the molecule is CC(C)(C)OCC(=O)Nc1cc([N+](=O)[O-])c(F)cc1F. The molecule has 0 spiro atoms. The van der Waals surface area contributed by atoms with Crippen molar-refractivity contribution in [2.45, 2.75) is 26.4 Å². The molecule has 110 valence electrons. The van der Waals surface area contributed by atoms with Gasteiger partial charge in [0.25, 0.3) is 0 Å². The quantitative estimate of drug-likeness (QED) is 0.682. The highest BCUT2D eigenvalue weighted by Gasteiger charge is 2.20. The van der Waals surface area contributed by atoms with Gasteiger partial charge < -0.3 is 10.1 Å². The van der Waals surface area contributed by atoms with Crippen LogP contribution in [0.5, 0.6) is 0 Å². The van der Waals surface area contributed by atoms with Crippen molar-refractivity contribution in [1.82, 2.24) is 0 Å². The summed E-state index contributed by atoms with van der Waals surface area (Å²) in [5.41, 5.74) is -1.95. The zero-order chi connectivity index (χ0) is 15.5. The van der Waals surface area contributed by atoms with Crippen LogP contribution in [0, 0.1) is 21.7 Å². The molecule has 0 heterocycles. The highest BCUT2D eigenvalue weighted by molar-refractivity contribution is 5.92. The maximum absolute atomic E-state index is 13.4. The second kappa shape index (κ2) is 5.91. The Morgan fingerprint density at radius 1 is 1.35 bits per heavy atom. The number of hydrogen-bond donors (Lipinski definition) is 1. The van der Waals surface area contributed by atoms with Gasteiger partial charge in [-0.3, -0.25) is 14.9 Å². The minimum Gasteiger partial charge on any atom is -0.366 e. The number of nitrogens with one attached hydrogen (secondary N) is 1. The van der Waals surface area contributed by atoms with Crippen LogP contribution in [0.1, 0.15) is 20.8 Å². The van der Waals surface area contributed by atoms with E-state index in [1.165, 1.54) is 0 Å². The van der Waals surface area contributed by atoms with E-state index in [0.29, 0.717) is 12.1 Å². The molecule has 1 aromatic carbocycles. The summed E-state index contributed by atoms with van der Waals surface area (Å²) in [6.07, 6.45) is 0. The van der Waals surface area contributed by atoms with Crippen LogP contribution in [0.4, 0.5) is 20.2 Å². The van der Waals surface area contributed by atoms with Gasteiger partial charge in [0.2, 0.25) is 11.7 Å². The van der Waals surface area contributed by atoms with Crippen molar-refractivity contribution in [2.24, 2.45) is 0 Å². The molecule has 0 bridgehead atoms. The van der Waals surface area contributed by atoms with Gasteiger partial charge in [-0.1, -0.05) is 0 Å². The van der Waals surface area contributed by atoms with Gasteiger partial charge in [0, 0.05) is 12.1 Å². The number of amides is 1. The predicted octanol–water partition coefficient (Wildman–Crippen LogP) is 2.63. The molecule has 0 aliphatic rings. The van der Waals surface area contributed by atoms with Crippen molar-refractivity contribution in [3.8, 4) is 0 Å². The molecule has 20 heavy (non-hydrogen) atoms. The Morgan fingerprint density at radius 3 is 2.45 bits per heavy atom. The van der Waals surface area contributed by atoms with E-state index in [2.05, 4.69) is 5.32 Å². The summed E-state index contributed by atoms with van der Waals surface area (Å²) < 4.78 is 31.7. The Hall–Kier alpha value is -2.09. The smallest absolute Gasteiger partial charge is 0.307 e. The van der Waals surface area contributed by atoms with E-state index >= 15 is 0 Å². The van der Waals surface area contributed by atoms with Crippen LogP contribution in [0.2, 0.25) is 0 Å². The Kier molecular flexibility index (Phi) is 4.72. The van der Waals surface area contributed by atoms with Crippen LogP contribution in [0.25, 0.3) is 0 Å². The van der Waals surface area contributed by atoms with Gasteiger partial charge in [0.05, 0.1) is 16.2 Å².